The number of carbonyl (C=O) groups is 1. The molecule has 2 aromatic rings. The molecule has 1 aromatic carbocycles. The Bertz CT molecular complexity index is 774. The molecule has 0 fully saturated rings. The van der Waals surface area contributed by atoms with E-state index >= 15 is 0 Å². The Kier molecular flexibility index (Phi) is 6.00. The van der Waals surface area contributed by atoms with Crippen LogP contribution in [0.2, 0.25) is 5.02 Å². The monoisotopic (exact) mass is 375 g/mol. The Labute approximate surface area is 143 Å². The molecule has 0 unspecified atom stereocenters. The van der Waals surface area contributed by atoms with Gasteiger partial charge < -0.3 is 9.47 Å². The van der Waals surface area contributed by atoms with Gasteiger partial charge in [-0.05, 0) is 29.6 Å². The molecule has 6 nitrogen and oxygen atoms in total. The molecule has 0 atom stereocenters. The average molecular weight is 376 g/mol. The number of ether oxygens (including phenoxy) is 2. The highest BCUT2D eigenvalue weighted by Crippen LogP contribution is 2.23. The van der Waals surface area contributed by atoms with Crippen molar-refractivity contribution in [3.8, 4) is 5.75 Å². The van der Waals surface area contributed by atoms with Crippen molar-refractivity contribution in [1.29, 1.82) is 0 Å². The highest BCUT2D eigenvalue weighted by Gasteiger charge is 2.17. The lowest BCUT2D eigenvalue weighted by Crippen LogP contribution is -2.30. The summed E-state index contributed by atoms with van der Waals surface area (Å²) in [5.41, 5.74) is 0.592. The molecule has 0 aliphatic carbocycles. The maximum atomic E-state index is 11.9. The van der Waals surface area contributed by atoms with E-state index in [0.29, 0.717) is 16.3 Å². The molecule has 1 heterocycles. The van der Waals surface area contributed by atoms with Crippen molar-refractivity contribution >= 4 is 38.9 Å². The second-order valence-corrected chi connectivity index (χ2v) is 7.75. The van der Waals surface area contributed by atoms with Crippen LogP contribution in [0.25, 0.3) is 0 Å². The molecule has 0 spiro atoms. The van der Waals surface area contributed by atoms with Gasteiger partial charge in [0.05, 0.1) is 7.11 Å². The minimum Gasteiger partial charge on any atom is -0.496 e. The largest absolute Gasteiger partial charge is 0.496 e. The van der Waals surface area contributed by atoms with Crippen molar-refractivity contribution in [3.63, 3.8) is 0 Å². The fourth-order valence-electron chi connectivity index (χ4n) is 1.71. The molecule has 9 heteroatoms. The fourth-order valence-corrected chi connectivity index (χ4v) is 3.91. The molecule has 0 bridgehead atoms. The molecule has 0 amide bonds. The average Bonchev–Trinajstić information content (AvgIpc) is 3.06. The first-order chi connectivity index (χ1) is 10.9. The van der Waals surface area contributed by atoms with Crippen LogP contribution in [0.3, 0.4) is 0 Å². The molecule has 1 N–H and O–H groups in total. The van der Waals surface area contributed by atoms with Crippen LogP contribution in [-0.2, 0) is 26.2 Å². The highest BCUT2D eigenvalue weighted by molar-refractivity contribution is 7.91. The number of hydrogen-bond acceptors (Lipinski definition) is 6. The number of carbonyl (C=O) groups excluding carboxylic acids is 1. The van der Waals surface area contributed by atoms with E-state index in [-0.39, 0.29) is 10.8 Å². The zero-order chi connectivity index (χ0) is 16.9. The van der Waals surface area contributed by atoms with E-state index in [4.69, 9.17) is 21.1 Å². The van der Waals surface area contributed by atoms with E-state index in [1.54, 1.807) is 29.6 Å². The zero-order valence-corrected chi connectivity index (χ0v) is 14.5. The summed E-state index contributed by atoms with van der Waals surface area (Å²) in [5, 5.41) is 2.12. The summed E-state index contributed by atoms with van der Waals surface area (Å²) in [6.45, 7) is -0.521. The standard InChI is InChI=1S/C14H14ClNO5S2/c1-20-12-5-4-11(15)7-10(12)9-21-13(17)8-16-23(18,19)14-3-2-6-22-14/h2-7,16H,8-9H2,1H3. The first kappa shape index (κ1) is 17.7. The minimum absolute atomic E-state index is 0.0662. The molecule has 0 saturated carbocycles. The van der Waals surface area contributed by atoms with Crippen LogP contribution in [0.1, 0.15) is 5.56 Å². The lowest BCUT2D eigenvalue weighted by Gasteiger charge is -2.10. The van der Waals surface area contributed by atoms with E-state index < -0.39 is 22.5 Å². The Morgan fingerprint density at radius 3 is 2.78 bits per heavy atom. The summed E-state index contributed by atoms with van der Waals surface area (Å²) in [6, 6.07) is 7.99. The van der Waals surface area contributed by atoms with Crippen LogP contribution in [0.5, 0.6) is 5.75 Å². The van der Waals surface area contributed by atoms with Crippen LogP contribution in [0.4, 0.5) is 0 Å². The van der Waals surface area contributed by atoms with Crippen molar-refractivity contribution in [1.82, 2.24) is 4.72 Å². The molecule has 0 aliphatic heterocycles. The molecule has 0 saturated heterocycles. The van der Waals surface area contributed by atoms with Gasteiger partial charge in [-0.15, -0.1) is 11.3 Å². The second kappa shape index (κ2) is 7.78. The molecular formula is C14H14ClNO5S2. The second-order valence-electron chi connectivity index (χ2n) is 4.37. The summed E-state index contributed by atoms with van der Waals surface area (Å²) < 4.78 is 36.2. The number of rotatable bonds is 7. The van der Waals surface area contributed by atoms with Crippen molar-refractivity contribution < 1.29 is 22.7 Å². The molecular weight excluding hydrogens is 362 g/mol. The lowest BCUT2D eigenvalue weighted by atomic mass is 10.2. The Balaban J connectivity index is 1.90. The van der Waals surface area contributed by atoms with Gasteiger partial charge in [0.25, 0.3) is 10.0 Å². The number of sulfonamides is 1. The van der Waals surface area contributed by atoms with Gasteiger partial charge >= 0.3 is 5.97 Å². The fraction of sp³-hybridized carbons (Fsp3) is 0.214. The topological polar surface area (TPSA) is 81.7 Å². The zero-order valence-electron chi connectivity index (χ0n) is 12.1. The smallest absolute Gasteiger partial charge is 0.321 e. The summed E-state index contributed by atoms with van der Waals surface area (Å²) in [7, 11) is -2.20. The third-order valence-electron chi connectivity index (χ3n) is 2.80. The summed E-state index contributed by atoms with van der Waals surface area (Å²) >= 11 is 6.95. The Morgan fingerprint density at radius 1 is 1.35 bits per heavy atom. The van der Waals surface area contributed by atoms with Crippen molar-refractivity contribution in [2.75, 3.05) is 13.7 Å². The van der Waals surface area contributed by atoms with Gasteiger partial charge in [-0.2, -0.15) is 4.72 Å². The molecule has 23 heavy (non-hydrogen) atoms. The van der Waals surface area contributed by atoms with Gasteiger partial charge in [-0.3, -0.25) is 4.79 Å². The van der Waals surface area contributed by atoms with Gasteiger partial charge in [0.15, 0.2) is 0 Å². The van der Waals surface area contributed by atoms with E-state index in [1.165, 1.54) is 13.2 Å². The third kappa shape index (κ3) is 4.93. The van der Waals surface area contributed by atoms with Crippen LogP contribution >= 0.6 is 22.9 Å². The number of methoxy groups -OCH3 is 1. The summed E-state index contributed by atoms with van der Waals surface area (Å²) in [5.74, 6) is -0.173. The van der Waals surface area contributed by atoms with Crippen LogP contribution in [0, 0.1) is 0 Å². The van der Waals surface area contributed by atoms with Gasteiger partial charge in [0, 0.05) is 10.6 Å². The van der Waals surface area contributed by atoms with E-state index in [9.17, 15) is 13.2 Å². The quantitative estimate of drug-likeness (QED) is 0.751. The van der Waals surface area contributed by atoms with Crippen molar-refractivity contribution in [2.45, 2.75) is 10.8 Å². The number of benzene rings is 1. The molecule has 0 radical (unpaired) electrons. The van der Waals surface area contributed by atoms with Crippen LogP contribution in [-0.4, -0.2) is 28.0 Å². The molecule has 2 rings (SSSR count). The number of esters is 1. The van der Waals surface area contributed by atoms with E-state index in [2.05, 4.69) is 4.72 Å². The SMILES string of the molecule is COc1ccc(Cl)cc1COC(=O)CNS(=O)(=O)c1cccs1. The predicted octanol–water partition coefficient (Wildman–Crippen LogP) is 2.43. The maximum Gasteiger partial charge on any atom is 0.321 e. The predicted molar refractivity (Wildman–Crippen MR) is 87.3 cm³/mol. The normalized spacial score (nSPS) is 11.2. The van der Waals surface area contributed by atoms with Crippen molar-refractivity contribution in [2.24, 2.45) is 0 Å². The van der Waals surface area contributed by atoms with E-state index in [1.807, 2.05) is 0 Å². The lowest BCUT2D eigenvalue weighted by molar-refractivity contribution is -0.143. The minimum atomic E-state index is -3.69. The van der Waals surface area contributed by atoms with Crippen LogP contribution in [0.15, 0.2) is 39.9 Å². The van der Waals surface area contributed by atoms with E-state index in [0.717, 1.165) is 11.3 Å². The van der Waals surface area contributed by atoms with Gasteiger partial charge in [0.1, 0.15) is 23.1 Å². The molecule has 1 aromatic heterocycles. The highest BCUT2D eigenvalue weighted by atomic mass is 35.5. The molecule has 124 valence electrons. The Hall–Kier alpha value is -1.61. The van der Waals surface area contributed by atoms with Gasteiger partial charge in [-0.1, -0.05) is 17.7 Å². The number of hydrogen-bond donors (Lipinski definition) is 1. The first-order valence-electron chi connectivity index (χ1n) is 6.43. The molecule has 0 aliphatic rings. The van der Waals surface area contributed by atoms with Crippen LogP contribution < -0.4 is 9.46 Å². The summed E-state index contributed by atoms with van der Waals surface area (Å²) in [4.78, 5) is 11.7. The van der Waals surface area contributed by atoms with Crippen molar-refractivity contribution in [3.05, 3.63) is 46.3 Å². The third-order valence-corrected chi connectivity index (χ3v) is 5.83. The number of thiophene rings is 1. The van der Waals surface area contributed by atoms with Gasteiger partial charge in [-0.25, -0.2) is 8.42 Å². The number of halogens is 1. The first-order valence-corrected chi connectivity index (χ1v) is 9.17. The number of nitrogens with one attached hydrogen (secondary N) is 1. The Morgan fingerprint density at radius 2 is 2.13 bits per heavy atom. The van der Waals surface area contributed by atoms with Gasteiger partial charge in [0.2, 0.25) is 0 Å². The summed E-state index contributed by atoms with van der Waals surface area (Å²) in [6.07, 6.45) is 0. The maximum absolute atomic E-state index is 11.9.